The van der Waals surface area contributed by atoms with Crippen molar-refractivity contribution in [2.45, 2.75) is 13.0 Å². The van der Waals surface area contributed by atoms with E-state index in [9.17, 15) is 0 Å². The molecule has 1 atom stereocenters. The zero-order valence-corrected chi connectivity index (χ0v) is 14.4. The van der Waals surface area contributed by atoms with E-state index in [1.54, 1.807) is 6.08 Å². The van der Waals surface area contributed by atoms with E-state index in [-0.39, 0.29) is 24.8 Å². The summed E-state index contributed by atoms with van der Waals surface area (Å²) in [4.78, 5) is 2.41. The van der Waals surface area contributed by atoms with Crippen molar-refractivity contribution in [2.75, 3.05) is 26.2 Å². The van der Waals surface area contributed by atoms with Crippen molar-refractivity contribution in [2.24, 2.45) is 11.7 Å². The average molecular weight is 354 g/mol. The van der Waals surface area contributed by atoms with Gasteiger partial charge in [0.15, 0.2) is 0 Å². The molecule has 1 unspecified atom stereocenters. The molecular formula is C15H23Cl3N2O. The molecule has 1 fully saturated rings. The van der Waals surface area contributed by atoms with Crippen molar-refractivity contribution in [1.29, 1.82) is 0 Å². The van der Waals surface area contributed by atoms with Crippen LogP contribution < -0.4 is 10.5 Å². The Labute approximate surface area is 144 Å². The fraction of sp³-hybridized carbons (Fsp3) is 0.467. The van der Waals surface area contributed by atoms with Crippen LogP contribution in [0.2, 0.25) is 5.02 Å². The van der Waals surface area contributed by atoms with Gasteiger partial charge < -0.3 is 10.5 Å². The third kappa shape index (κ3) is 6.05. The lowest BCUT2D eigenvalue weighted by molar-refractivity contribution is 0.303. The van der Waals surface area contributed by atoms with Crippen LogP contribution in [0.5, 0.6) is 5.75 Å². The maximum atomic E-state index is 6.08. The Morgan fingerprint density at radius 2 is 2.19 bits per heavy atom. The molecule has 0 amide bonds. The first kappa shape index (κ1) is 20.6. The van der Waals surface area contributed by atoms with E-state index in [2.05, 4.69) is 11.5 Å². The summed E-state index contributed by atoms with van der Waals surface area (Å²) in [5, 5.41) is 0.746. The molecule has 6 heteroatoms. The van der Waals surface area contributed by atoms with Gasteiger partial charge in [-0.1, -0.05) is 24.3 Å². The van der Waals surface area contributed by atoms with Gasteiger partial charge in [-0.25, -0.2) is 0 Å². The summed E-state index contributed by atoms with van der Waals surface area (Å²) in [6.07, 6.45) is 2.93. The highest BCUT2D eigenvalue weighted by Gasteiger charge is 2.22. The van der Waals surface area contributed by atoms with Crippen molar-refractivity contribution >= 4 is 36.4 Å². The first-order chi connectivity index (χ1) is 9.22. The molecule has 0 saturated carbocycles. The molecular weight excluding hydrogens is 331 g/mol. The van der Waals surface area contributed by atoms with Gasteiger partial charge in [-0.3, -0.25) is 4.90 Å². The Morgan fingerprint density at radius 1 is 1.43 bits per heavy atom. The van der Waals surface area contributed by atoms with Gasteiger partial charge in [0.25, 0.3) is 0 Å². The van der Waals surface area contributed by atoms with E-state index in [1.807, 2.05) is 18.2 Å². The van der Waals surface area contributed by atoms with E-state index in [0.29, 0.717) is 12.5 Å². The van der Waals surface area contributed by atoms with Crippen LogP contribution in [0.25, 0.3) is 0 Å². The molecule has 1 aromatic carbocycles. The van der Waals surface area contributed by atoms with Crippen LogP contribution in [-0.4, -0.2) is 31.1 Å². The van der Waals surface area contributed by atoms with Crippen LogP contribution in [0.3, 0.4) is 0 Å². The van der Waals surface area contributed by atoms with E-state index in [0.717, 1.165) is 42.5 Å². The monoisotopic (exact) mass is 352 g/mol. The van der Waals surface area contributed by atoms with Crippen LogP contribution in [0.1, 0.15) is 12.0 Å². The minimum atomic E-state index is 0. The summed E-state index contributed by atoms with van der Waals surface area (Å²) in [5.74, 6) is 1.51. The highest BCUT2D eigenvalue weighted by molar-refractivity contribution is 6.30. The van der Waals surface area contributed by atoms with Gasteiger partial charge in [-0.2, -0.15) is 0 Å². The second-order valence-electron chi connectivity index (χ2n) is 4.98. The number of likely N-dealkylation sites (tertiary alicyclic amines) is 1. The molecule has 1 aromatic rings. The van der Waals surface area contributed by atoms with Crippen LogP contribution in [0.4, 0.5) is 0 Å². The van der Waals surface area contributed by atoms with E-state index in [1.165, 1.54) is 6.42 Å². The SMILES string of the molecule is C=CCOc1ccc(Cl)cc1CN1CCC(CN)C1.Cl.Cl. The molecule has 1 heterocycles. The normalized spacial score (nSPS) is 17.7. The number of halogens is 3. The van der Waals surface area contributed by atoms with Gasteiger partial charge in [-0.05, 0) is 43.6 Å². The number of rotatable bonds is 6. The summed E-state index contributed by atoms with van der Waals surface area (Å²) in [6, 6.07) is 5.77. The molecule has 0 spiro atoms. The maximum absolute atomic E-state index is 6.08. The largest absolute Gasteiger partial charge is 0.489 e. The van der Waals surface area contributed by atoms with Gasteiger partial charge in [0, 0.05) is 23.7 Å². The number of benzene rings is 1. The Kier molecular flexibility index (Phi) is 10.1. The molecule has 1 aliphatic heterocycles. The Bertz CT molecular complexity index is 443. The zero-order chi connectivity index (χ0) is 13.7. The lowest BCUT2D eigenvalue weighted by atomic mass is 10.1. The van der Waals surface area contributed by atoms with Crippen LogP contribution in [0.15, 0.2) is 30.9 Å². The quantitative estimate of drug-likeness (QED) is 0.795. The summed E-state index contributed by atoms with van der Waals surface area (Å²) < 4.78 is 5.68. The van der Waals surface area contributed by atoms with E-state index in [4.69, 9.17) is 22.1 Å². The average Bonchev–Trinajstić information content (AvgIpc) is 2.85. The van der Waals surface area contributed by atoms with Crippen molar-refractivity contribution in [3.8, 4) is 5.75 Å². The smallest absolute Gasteiger partial charge is 0.124 e. The van der Waals surface area contributed by atoms with E-state index < -0.39 is 0 Å². The van der Waals surface area contributed by atoms with Gasteiger partial charge in [0.05, 0.1) is 0 Å². The van der Waals surface area contributed by atoms with Crippen molar-refractivity contribution in [3.63, 3.8) is 0 Å². The summed E-state index contributed by atoms with van der Waals surface area (Å²) in [6.45, 7) is 7.97. The Balaban J connectivity index is 0.00000200. The Hall–Kier alpha value is -0.450. The van der Waals surface area contributed by atoms with Gasteiger partial charge in [0.2, 0.25) is 0 Å². The molecule has 0 bridgehead atoms. The van der Waals surface area contributed by atoms with Gasteiger partial charge in [-0.15, -0.1) is 24.8 Å². The molecule has 0 radical (unpaired) electrons. The fourth-order valence-electron chi connectivity index (χ4n) is 2.45. The number of nitrogens with two attached hydrogens (primary N) is 1. The predicted octanol–water partition coefficient (Wildman–Crippen LogP) is 3.53. The minimum absolute atomic E-state index is 0. The maximum Gasteiger partial charge on any atom is 0.124 e. The van der Waals surface area contributed by atoms with E-state index >= 15 is 0 Å². The highest BCUT2D eigenvalue weighted by atomic mass is 35.5. The highest BCUT2D eigenvalue weighted by Crippen LogP contribution is 2.26. The lowest BCUT2D eigenvalue weighted by Gasteiger charge is -2.18. The standard InChI is InChI=1S/C15H21ClN2O.2ClH/c1-2-7-19-15-4-3-14(16)8-13(15)11-18-6-5-12(9-17)10-18;;/h2-4,8,12H,1,5-7,9-11,17H2;2*1H. The minimum Gasteiger partial charge on any atom is -0.489 e. The summed E-state index contributed by atoms with van der Waals surface area (Å²) in [5.41, 5.74) is 6.86. The molecule has 1 saturated heterocycles. The van der Waals surface area contributed by atoms with Crippen LogP contribution >= 0.6 is 36.4 Å². The van der Waals surface area contributed by atoms with Crippen molar-refractivity contribution in [1.82, 2.24) is 4.90 Å². The molecule has 21 heavy (non-hydrogen) atoms. The summed E-state index contributed by atoms with van der Waals surface area (Å²) >= 11 is 6.08. The lowest BCUT2D eigenvalue weighted by Crippen LogP contribution is -2.23. The number of ether oxygens (including phenoxy) is 1. The molecule has 0 aliphatic carbocycles. The third-order valence-corrected chi connectivity index (χ3v) is 3.71. The molecule has 3 nitrogen and oxygen atoms in total. The number of hydrogen-bond donors (Lipinski definition) is 1. The topological polar surface area (TPSA) is 38.5 Å². The second-order valence-corrected chi connectivity index (χ2v) is 5.41. The van der Waals surface area contributed by atoms with Crippen molar-refractivity contribution < 1.29 is 4.74 Å². The molecule has 120 valence electrons. The number of nitrogens with zero attached hydrogens (tertiary/aromatic N) is 1. The van der Waals surface area contributed by atoms with Crippen LogP contribution in [0, 0.1) is 5.92 Å². The predicted molar refractivity (Wildman–Crippen MR) is 94.1 cm³/mol. The third-order valence-electron chi connectivity index (χ3n) is 3.48. The molecule has 2 N–H and O–H groups in total. The Morgan fingerprint density at radius 3 is 2.81 bits per heavy atom. The molecule has 2 rings (SSSR count). The molecule has 1 aliphatic rings. The van der Waals surface area contributed by atoms with Gasteiger partial charge in [0.1, 0.15) is 12.4 Å². The molecule has 0 aromatic heterocycles. The number of hydrogen-bond acceptors (Lipinski definition) is 3. The second kappa shape index (κ2) is 10.3. The zero-order valence-electron chi connectivity index (χ0n) is 12.0. The first-order valence-corrected chi connectivity index (χ1v) is 7.05. The fourth-order valence-corrected chi connectivity index (χ4v) is 2.65. The summed E-state index contributed by atoms with van der Waals surface area (Å²) in [7, 11) is 0. The van der Waals surface area contributed by atoms with Gasteiger partial charge >= 0.3 is 0 Å². The van der Waals surface area contributed by atoms with Crippen LogP contribution in [-0.2, 0) is 6.54 Å². The first-order valence-electron chi connectivity index (χ1n) is 6.67. The van der Waals surface area contributed by atoms with Crippen molar-refractivity contribution in [3.05, 3.63) is 41.4 Å².